The molecule has 0 aliphatic carbocycles. The number of carbonyl (C=O) groups excluding carboxylic acids is 1. The van der Waals surface area contributed by atoms with Crippen molar-refractivity contribution in [2.75, 3.05) is 11.9 Å². The molecule has 1 rings (SSSR count). The summed E-state index contributed by atoms with van der Waals surface area (Å²) in [5.74, 6) is -0.682. The first kappa shape index (κ1) is 15.1. The Bertz CT molecular complexity index is 446. The van der Waals surface area contributed by atoms with E-state index in [2.05, 4.69) is 11.9 Å². The van der Waals surface area contributed by atoms with Gasteiger partial charge < -0.3 is 5.11 Å². The normalized spacial score (nSPS) is 10.2. The number of hydrogen-bond donors (Lipinski definition) is 1. The Morgan fingerprint density at radius 3 is 2.68 bits per heavy atom. The molecular weight excluding hydrogens is 244 g/mol. The molecule has 19 heavy (non-hydrogen) atoms. The van der Waals surface area contributed by atoms with Crippen LogP contribution in [0.15, 0.2) is 18.3 Å². The molecule has 1 aromatic rings. The van der Waals surface area contributed by atoms with Crippen LogP contribution in [-0.4, -0.2) is 29.0 Å². The highest BCUT2D eigenvalue weighted by molar-refractivity contribution is 5.94. The summed E-state index contributed by atoms with van der Waals surface area (Å²) in [7, 11) is 1.62. The average Bonchev–Trinajstić information content (AvgIpc) is 2.42. The smallest absolute Gasteiger partial charge is 0.335 e. The van der Waals surface area contributed by atoms with Gasteiger partial charge in [0.15, 0.2) is 0 Å². The molecule has 0 saturated carbocycles. The predicted molar refractivity (Wildman–Crippen MR) is 73.4 cm³/mol. The molecule has 0 saturated heterocycles. The zero-order valence-corrected chi connectivity index (χ0v) is 11.4. The first-order chi connectivity index (χ1) is 9.06. The fourth-order valence-corrected chi connectivity index (χ4v) is 1.73. The van der Waals surface area contributed by atoms with Gasteiger partial charge in [0.1, 0.15) is 5.82 Å². The average molecular weight is 264 g/mol. The van der Waals surface area contributed by atoms with Crippen molar-refractivity contribution in [3.05, 3.63) is 23.9 Å². The molecule has 5 nitrogen and oxygen atoms in total. The number of aromatic carboxylic acids is 1. The van der Waals surface area contributed by atoms with Crippen molar-refractivity contribution in [1.29, 1.82) is 0 Å². The van der Waals surface area contributed by atoms with Crippen LogP contribution in [0.2, 0.25) is 0 Å². The number of amides is 1. The van der Waals surface area contributed by atoms with Crippen LogP contribution in [-0.2, 0) is 4.79 Å². The van der Waals surface area contributed by atoms with Gasteiger partial charge in [0, 0.05) is 19.7 Å². The molecule has 0 fully saturated rings. The molecule has 0 atom stereocenters. The Hall–Kier alpha value is -1.91. The van der Waals surface area contributed by atoms with E-state index in [1.54, 1.807) is 7.05 Å². The topological polar surface area (TPSA) is 70.5 Å². The maximum absolute atomic E-state index is 11.9. The lowest BCUT2D eigenvalue weighted by molar-refractivity contribution is -0.118. The maximum atomic E-state index is 11.9. The fraction of sp³-hybridized carbons (Fsp3) is 0.500. The Morgan fingerprint density at radius 1 is 1.32 bits per heavy atom. The predicted octanol–water partition coefficient (Wildman–Crippen LogP) is 2.71. The third-order valence-corrected chi connectivity index (χ3v) is 2.95. The molecule has 1 heterocycles. The van der Waals surface area contributed by atoms with E-state index in [0.29, 0.717) is 12.2 Å². The van der Waals surface area contributed by atoms with E-state index in [1.165, 1.54) is 23.2 Å². The molecular formula is C14H20N2O3. The lowest BCUT2D eigenvalue weighted by Crippen LogP contribution is -2.27. The maximum Gasteiger partial charge on any atom is 0.335 e. The van der Waals surface area contributed by atoms with Gasteiger partial charge in [-0.25, -0.2) is 9.78 Å². The summed E-state index contributed by atoms with van der Waals surface area (Å²) in [6, 6.07) is 2.82. The number of carbonyl (C=O) groups is 2. The van der Waals surface area contributed by atoms with Gasteiger partial charge in [-0.2, -0.15) is 0 Å². The number of hydrogen-bond acceptors (Lipinski definition) is 3. The van der Waals surface area contributed by atoms with E-state index >= 15 is 0 Å². The van der Waals surface area contributed by atoms with E-state index in [1.807, 2.05) is 0 Å². The van der Waals surface area contributed by atoms with Crippen molar-refractivity contribution < 1.29 is 14.7 Å². The van der Waals surface area contributed by atoms with E-state index < -0.39 is 5.97 Å². The molecule has 0 spiro atoms. The zero-order valence-electron chi connectivity index (χ0n) is 11.4. The first-order valence-electron chi connectivity index (χ1n) is 6.52. The monoisotopic (exact) mass is 264 g/mol. The fourth-order valence-electron chi connectivity index (χ4n) is 1.73. The minimum absolute atomic E-state index is 0.0360. The zero-order chi connectivity index (χ0) is 14.3. The minimum Gasteiger partial charge on any atom is -0.478 e. The lowest BCUT2D eigenvalue weighted by Gasteiger charge is -2.16. The van der Waals surface area contributed by atoms with Gasteiger partial charge in [-0.05, 0) is 18.6 Å². The molecule has 0 unspecified atom stereocenters. The summed E-state index contributed by atoms with van der Waals surface area (Å²) in [5, 5.41) is 8.90. The van der Waals surface area contributed by atoms with Gasteiger partial charge in [-0.1, -0.05) is 26.2 Å². The van der Waals surface area contributed by atoms with Gasteiger partial charge in [0.05, 0.1) is 5.56 Å². The van der Waals surface area contributed by atoms with E-state index in [9.17, 15) is 9.59 Å². The number of carboxylic acid groups (broad SMARTS) is 1. The number of unbranched alkanes of at least 4 members (excludes halogenated alkanes) is 3. The number of rotatable bonds is 7. The van der Waals surface area contributed by atoms with Crippen LogP contribution in [0.4, 0.5) is 5.82 Å². The van der Waals surface area contributed by atoms with Gasteiger partial charge >= 0.3 is 5.97 Å². The number of carboxylic acids is 1. The number of nitrogens with zero attached hydrogens (tertiary/aromatic N) is 2. The highest BCUT2D eigenvalue weighted by atomic mass is 16.4. The second-order valence-electron chi connectivity index (χ2n) is 4.47. The van der Waals surface area contributed by atoms with Gasteiger partial charge in [-0.3, -0.25) is 9.69 Å². The number of pyridine rings is 1. The molecule has 1 amide bonds. The highest BCUT2D eigenvalue weighted by Crippen LogP contribution is 2.13. The van der Waals surface area contributed by atoms with Crippen LogP contribution in [0.5, 0.6) is 0 Å². The largest absolute Gasteiger partial charge is 0.478 e. The van der Waals surface area contributed by atoms with Crippen LogP contribution in [0, 0.1) is 0 Å². The molecule has 104 valence electrons. The summed E-state index contributed by atoms with van der Waals surface area (Å²) in [6.07, 6.45) is 6.03. The van der Waals surface area contributed by atoms with Crippen molar-refractivity contribution in [3.8, 4) is 0 Å². The summed E-state index contributed by atoms with van der Waals surface area (Å²) in [4.78, 5) is 28.2. The quantitative estimate of drug-likeness (QED) is 0.769. The molecule has 0 bridgehead atoms. The highest BCUT2D eigenvalue weighted by Gasteiger charge is 2.13. The Morgan fingerprint density at radius 2 is 2.05 bits per heavy atom. The molecule has 0 aliphatic rings. The van der Waals surface area contributed by atoms with Crippen molar-refractivity contribution in [2.45, 2.75) is 39.0 Å². The Balaban J connectivity index is 2.61. The Kier molecular flexibility index (Phi) is 5.99. The molecule has 0 aromatic carbocycles. The van der Waals surface area contributed by atoms with Crippen LogP contribution in [0.3, 0.4) is 0 Å². The summed E-state index contributed by atoms with van der Waals surface area (Å²) in [6.45, 7) is 2.12. The van der Waals surface area contributed by atoms with Crippen molar-refractivity contribution in [2.24, 2.45) is 0 Å². The summed E-state index contributed by atoms with van der Waals surface area (Å²) >= 11 is 0. The third kappa shape index (κ3) is 4.69. The molecule has 1 N–H and O–H groups in total. The second-order valence-corrected chi connectivity index (χ2v) is 4.47. The van der Waals surface area contributed by atoms with Crippen molar-refractivity contribution in [3.63, 3.8) is 0 Å². The van der Waals surface area contributed by atoms with Crippen LogP contribution >= 0.6 is 0 Å². The van der Waals surface area contributed by atoms with E-state index in [-0.39, 0.29) is 11.5 Å². The second kappa shape index (κ2) is 7.51. The molecule has 5 heteroatoms. The van der Waals surface area contributed by atoms with Crippen LogP contribution in [0.25, 0.3) is 0 Å². The number of aromatic nitrogens is 1. The third-order valence-electron chi connectivity index (χ3n) is 2.95. The van der Waals surface area contributed by atoms with E-state index in [4.69, 9.17) is 5.11 Å². The number of anilines is 1. The Labute approximate surface area is 113 Å². The standard InChI is InChI=1S/C14H20N2O3/c1-3-4-5-6-7-13(17)16(2)12-10-11(14(18)19)8-9-15-12/h8-10H,3-7H2,1-2H3,(H,18,19). The van der Waals surface area contributed by atoms with Crippen molar-refractivity contribution >= 4 is 17.7 Å². The summed E-state index contributed by atoms with van der Waals surface area (Å²) < 4.78 is 0. The molecule has 0 aliphatic heterocycles. The van der Waals surface area contributed by atoms with Gasteiger partial charge in [-0.15, -0.1) is 0 Å². The SMILES string of the molecule is CCCCCCC(=O)N(C)c1cc(C(=O)O)ccn1. The van der Waals surface area contributed by atoms with Crippen LogP contribution < -0.4 is 4.90 Å². The van der Waals surface area contributed by atoms with Crippen molar-refractivity contribution in [1.82, 2.24) is 4.98 Å². The molecule has 0 radical (unpaired) electrons. The minimum atomic E-state index is -1.02. The summed E-state index contributed by atoms with van der Waals surface area (Å²) in [5.41, 5.74) is 0.135. The van der Waals surface area contributed by atoms with Crippen LogP contribution in [0.1, 0.15) is 49.4 Å². The first-order valence-corrected chi connectivity index (χ1v) is 6.52. The lowest BCUT2D eigenvalue weighted by atomic mass is 10.1. The van der Waals surface area contributed by atoms with E-state index in [0.717, 1.165) is 25.7 Å². The van der Waals surface area contributed by atoms with Gasteiger partial charge in [0.2, 0.25) is 5.91 Å². The molecule has 1 aromatic heterocycles. The van der Waals surface area contributed by atoms with Gasteiger partial charge in [0.25, 0.3) is 0 Å².